The van der Waals surface area contributed by atoms with E-state index in [9.17, 15) is 0 Å². The predicted octanol–water partition coefficient (Wildman–Crippen LogP) is 2.41. The number of nitrogens with one attached hydrogen (secondary N) is 1. The highest BCUT2D eigenvalue weighted by molar-refractivity contribution is 5.77. The minimum atomic E-state index is 0.761. The number of benzene rings is 2. The Morgan fingerprint density at radius 3 is 2.29 bits per heavy atom. The monoisotopic (exact) mass is 226 g/mol. The zero-order valence-corrected chi connectivity index (χ0v) is 9.30. The highest BCUT2D eigenvalue weighted by atomic mass is 14.9. The van der Waals surface area contributed by atoms with Gasteiger partial charge in [-0.1, -0.05) is 18.2 Å². The molecule has 0 bridgehead atoms. The van der Waals surface area contributed by atoms with Crippen LogP contribution in [-0.4, -0.2) is 9.97 Å². The third-order valence-electron chi connectivity index (χ3n) is 2.24. The first kappa shape index (κ1) is 11.0. The van der Waals surface area contributed by atoms with Gasteiger partial charge in [0.1, 0.15) is 0 Å². The fourth-order valence-electron chi connectivity index (χ4n) is 1.41. The molecule has 0 aliphatic rings. The molecule has 3 rings (SSSR count). The van der Waals surface area contributed by atoms with Gasteiger partial charge in [0.25, 0.3) is 0 Å². The number of hydrogen-bond acceptors (Lipinski definition) is 3. The molecule has 86 valence electrons. The molecule has 0 unspecified atom stereocenters. The van der Waals surface area contributed by atoms with Crippen LogP contribution in [-0.2, 0) is 0 Å². The van der Waals surface area contributed by atoms with E-state index in [4.69, 9.17) is 11.5 Å². The van der Waals surface area contributed by atoms with Crippen molar-refractivity contribution in [2.75, 3.05) is 11.5 Å². The minimum Gasteiger partial charge on any atom is -0.399 e. The molecule has 2 aromatic carbocycles. The van der Waals surface area contributed by atoms with Gasteiger partial charge >= 0.3 is 0 Å². The molecular weight excluding hydrogens is 212 g/mol. The van der Waals surface area contributed by atoms with E-state index in [1.165, 1.54) is 0 Å². The van der Waals surface area contributed by atoms with Gasteiger partial charge < -0.3 is 16.5 Å². The number of imidazole rings is 1. The van der Waals surface area contributed by atoms with Crippen molar-refractivity contribution in [2.24, 2.45) is 0 Å². The lowest BCUT2D eigenvalue weighted by Crippen LogP contribution is -1.82. The number of hydrogen-bond donors (Lipinski definition) is 3. The van der Waals surface area contributed by atoms with Crippen LogP contribution >= 0.6 is 0 Å². The maximum absolute atomic E-state index is 5.54. The number of nitrogens with two attached hydrogens (primary N) is 2. The number of para-hydroxylation sites is 1. The Morgan fingerprint density at radius 1 is 0.882 bits per heavy atom. The highest BCUT2D eigenvalue weighted by Crippen LogP contribution is 2.11. The summed E-state index contributed by atoms with van der Waals surface area (Å²) in [5.74, 6) is 0. The third-order valence-corrected chi connectivity index (χ3v) is 2.24. The van der Waals surface area contributed by atoms with Gasteiger partial charge in [-0.15, -0.1) is 0 Å². The summed E-state index contributed by atoms with van der Waals surface area (Å²) in [7, 11) is 0. The predicted molar refractivity (Wildman–Crippen MR) is 71.4 cm³/mol. The summed E-state index contributed by atoms with van der Waals surface area (Å²) >= 11 is 0. The van der Waals surface area contributed by atoms with E-state index in [2.05, 4.69) is 9.97 Å². The van der Waals surface area contributed by atoms with Gasteiger partial charge in [-0.2, -0.15) is 0 Å². The number of fused-ring (bicyclic) bond motifs is 1. The van der Waals surface area contributed by atoms with Crippen LogP contribution in [0.5, 0.6) is 0 Å². The van der Waals surface area contributed by atoms with Crippen molar-refractivity contribution in [3.05, 3.63) is 54.9 Å². The maximum Gasteiger partial charge on any atom is 0.0931 e. The van der Waals surface area contributed by atoms with Crippen molar-refractivity contribution < 1.29 is 0 Å². The molecule has 0 saturated carbocycles. The number of H-pyrrole nitrogens is 1. The van der Waals surface area contributed by atoms with E-state index >= 15 is 0 Å². The second-order valence-electron chi connectivity index (χ2n) is 3.59. The second-order valence-corrected chi connectivity index (χ2v) is 3.59. The van der Waals surface area contributed by atoms with Crippen molar-refractivity contribution >= 4 is 22.4 Å². The van der Waals surface area contributed by atoms with Crippen LogP contribution in [0, 0.1) is 0 Å². The molecule has 4 nitrogen and oxygen atoms in total. The maximum atomic E-state index is 5.54. The van der Waals surface area contributed by atoms with E-state index in [1.807, 2.05) is 48.5 Å². The van der Waals surface area contributed by atoms with Gasteiger partial charge in [-0.25, -0.2) is 4.98 Å². The number of nitrogens with zero attached hydrogens (tertiary/aromatic N) is 1. The Hall–Kier alpha value is -2.49. The molecule has 1 heterocycles. The van der Waals surface area contributed by atoms with Crippen molar-refractivity contribution in [1.82, 2.24) is 9.97 Å². The minimum absolute atomic E-state index is 0.761. The molecule has 0 spiro atoms. The first-order valence-corrected chi connectivity index (χ1v) is 5.25. The van der Waals surface area contributed by atoms with Crippen LogP contribution < -0.4 is 11.5 Å². The summed E-state index contributed by atoms with van der Waals surface area (Å²) in [5, 5.41) is 0. The Kier molecular flexibility index (Phi) is 3.25. The zero-order valence-electron chi connectivity index (χ0n) is 9.30. The van der Waals surface area contributed by atoms with Gasteiger partial charge in [-0.05, 0) is 30.3 Å². The van der Waals surface area contributed by atoms with E-state index < -0.39 is 0 Å². The summed E-state index contributed by atoms with van der Waals surface area (Å²) in [6.45, 7) is 0. The van der Waals surface area contributed by atoms with Crippen LogP contribution in [0.3, 0.4) is 0 Å². The third kappa shape index (κ3) is 2.98. The Balaban J connectivity index is 0.000000136. The largest absolute Gasteiger partial charge is 0.399 e. The van der Waals surface area contributed by atoms with Crippen molar-refractivity contribution in [3.63, 3.8) is 0 Å². The Morgan fingerprint density at radius 2 is 1.65 bits per heavy atom. The lowest BCUT2D eigenvalue weighted by molar-refractivity contribution is 1.34. The SMILES string of the molecule is Nc1ccc2nc[nH]c2c1.Nc1ccccc1. The Bertz CT molecular complexity index is 586. The first-order chi connectivity index (χ1) is 8.25. The number of nitrogen functional groups attached to an aromatic ring is 2. The molecule has 3 aromatic rings. The van der Waals surface area contributed by atoms with E-state index in [0.29, 0.717) is 0 Å². The Labute approximate surface area is 99.3 Å². The molecule has 0 fully saturated rings. The summed E-state index contributed by atoms with van der Waals surface area (Å²) < 4.78 is 0. The van der Waals surface area contributed by atoms with Crippen molar-refractivity contribution in [2.45, 2.75) is 0 Å². The van der Waals surface area contributed by atoms with Crippen molar-refractivity contribution in [1.29, 1.82) is 0 Å². The number of anilines is 2. The van der Waals surface area contributed by atoms with E-state index in [-0.39, 0.29) is 0 Å². The van der Waals surface area contributed by atoms with Crippen LogP contribution in [0.1, 0.15) is 0 Å². The fourth-order valence-corrected chi connectivity index (χ4v) is 1.41. The first-order valence-electron chi connectivity index (χ1n) is 5.25. The molecule has 1 aromatic heterocycles. The van der Waals surface area contributed by atoms with E-state index in [0.717, 1.165) is 22.4 Å². The van der Waals surface area contributed by atoms with Gasteiger partial charge in [0, 0.05) is 11.4 Å². The molecule has 5 N–H and O–H groups in total. The normalized spacial score (nSPS) is 9.65. The van der Waals surface area contributed by atoms with Gasteiger partial charge in [0.15, 0.2) is 0 Å². The summed E-state index contributed by atoms with van der Waals surface area (Å²) in [6.07, 6.45) is 1.66. The quantitative estimate of drug-likeness (QED) is 0.515. The van der Waals surface area contributed by atoms with Crippen LogP contribution in [0.2, 0.25) is 0 Å². The smallest absolute Gasteiger partial charge is 0.0931 e. The number of aromatic nitrogens is 2. The topological polar surface area (TPSA) is 80.7 Å². The molecule has 4 heteroatoms. The lowest BCUT2D eigenvalue weighted by Gasteiger charge is -1.89. The van der Waals surface area contributed by atoms with Gasteiger partial charge in [0.2, 0.25) is 0 Å². The molecule has 0 amide bonds. The summed E-state index contributed by atoms with van der Waals surface area (Å²) in [4.78, 5) is 7.02. The molecule has 0 saturated heterocycles. The lowest BCUT2D eigenvalue weighted by atomic mass is 10.3. The average Bonchev–Trinajstić information content (AvgIpc) is 2.78. The fraction of sp³-hybridized carbons (Fsp3) is 0. The second kappa shape index (κ2) is 5.03. The summed E-state index contributed by atoms with van der Waals surface area (Å²) in [6, 6.07) is 15.1. The number of rotatable bonds is 0. The number of aromatic amines is 1. The highest BCUT2D eigenvalue weighted by Gasteiger charge is 1.92. The molecule has 0 atom stereocenters. The zero-order chi connectivity index (χ0) is 12.1. The van der Waals surface area contributed by atoms with E-state index in [1.54, 1.807) is 6.33 Å². The van der Waals surface area contributed by atoms with Crippen LogP contribution in [0.25, 0.3) is 11.0 Å². The molecule has 0 radical (unpaired) electrons. The average molecular weight is 226 g/mol. The van der Waals surface area contributed by atoms with Crippen LogP contribution in [0.15, 0.2) is 54.9 Å². The van der Waals surface area contributed by atoms with Crippen LogP contribution in [0.4, 0.5) is 11.4 Å². The van der Waals surface area contributed by atoms with Crippen molar-refractivity contribution in [3.8, 4) is 0 Å². The van der Waals surface area contributed by atoms with Gasteiger partial charge in [-0.3, -0.25) is 0 Å². The molecular formula is C13H14N4. The molecule has 17 heavy (non-hydrogen) atoms. The molecule has 0 aliphatic carbocycles. The standard InChI is InChI=1S/C7H7N3.C6H7N/c8-5-1-2-6-7(3-5)10-4-9-6;7-6-4-2-1-3-5-6/h1-4H,8H2,(H,9,10);1-5H,7H2. The van der Waals surface area contributed by atoms with Gasteiger partial charge in [0.05, 0.1) is 17.4 Å². The summed E-state index contributed by atoms with van der Waals surface area (Å²) in [5.41, 5.74) is 14.4. The molecule has 0 aliphatic heterocycles.